The van der Waals surface area contributed by atoms with E-state index in [9.17, 15) is 22.4 Å². The number of carbonyl (C=O) groups is 1. The Kier molecular flexibility index (Phi) is 6.50. The van der Waals surface area contributed by atoms with E-state index in [2.05, 4.69) is 5.32 Å². The molecular weight excluding hydrogens is 404 g/mol. The lowest BCUT2D eigenvalue weighted by atomic mass is 10.2. The van der Waals surface area contributed by atoms with Gasteiger partial charge in [-0.25, -0.2) is 4.39 Å². The Labute approximate surface area is 171 Å². The molecule has 162 valence electrons. The maximum atomic E-state index is 14.6. The minimum absolute atomic E-state index is 0.0273. The standard InChI is InChI=1S/C21H22F4N2O3/c1-13-10-27(11-14(2)30-13)19-7-6-16(9-18(19)22)26-20(28)12-29-17-5-3-4-15(8-17)21(23,24)25/h3-9,13-14H,10-12H2,1-2H3,(H,26,28). The van der Waals surface area contributed by atoms with Gasteiger partial charge in [0.15, 0.2) is 6.61 Å². The van der Waals surface area contributed by atoms with Crippen molar-refractivity contribution in [3.05, 3.63) is 53.8 Å². The summed E-state index contributed by atoms with van der Waals surface area (Å²) in [6, 6.07) is 8.56. The topological polar surface area (TPSA) is 50.8 Å². The van der Waals surface area contributed by atoms with Crippen molar-refractivity contribution in [2.75, 3.05) is 29.9 Å². The molecule has 0 radical (unpaired) electrons. The highest BCUT2D eigenvalue weighted by Crippen LogP contribution is 2.31. The van der Waals surface area contributed by atoms with Gasteiger partial charge in [0.05, 0.1) is 23.5 Å². The summed E-state index contributed by atoms with van der Waals surface area (Å²) in [6.45, 7) is 4.43. The van der Waals surface area contributed by atoms with Crippen LogP contribution in [-0.2, 0) is 15.7 Å². The number of benzene rings is 2. The number of amides is 1. The van der Waals surface area contributed by atoms with Crippen LogP contribution in [0.3, 0.4) is 0 Å². The van der Waals surface area contributed by atoms with Crippen LogP contribution in [0.4, 0.5) is 28.9 Å². The molecule has 0 aromatic heterocycles. The summed E-state index contributed by atoms with van der Waals surface area (Å²) < 4.78 is 63.5. The van der Waals surface area contributed by atoms with Crippen molar-refractivity contribution in [1.82, 2.24) is 0 Å². The number of anilines is 2. The molecule has 1 aliphatic heterocycles. The Hall–Kier alpha value is -2.81. The summed E-state index contributed by atoms with van der Waals surface area (Å²) in [5.41, 5.74) is -0.233. The number of nitrogens with one attached hydrogen (secondary N) is 1. The van der Waals surface area contributed by atoms with E-state index in [-0.39, 0.29) is 23.6 Å². The molecule has 1 N–H and O–H groups in total. The van der Waals surface area contributed by atoms with E-state index >= 15 is 0 Å². The molecule has 5 nitrogen and oxygen atoms in total. The number of nitrogens with zero attached hydrogens (tertiary/aromatic N) is 1. The van der Waals surface area contributed by atoms with Crippen LogP contribution in [-0.4, -0.2) is 37.8 Å². The van der Waals surface area contributed by atoms with Gasteiger partial charge in [0, 0.05) is 18.8 Å². The van der Waals surface area contributed by atoms with Crippen LogP contribution in [0.15, 0.2) is 42.5 Å². The molecule has 2 aromatic carbocycles. The number of morpholine rings is 1. The quantitative estimate of drug-likeness (QED) is 0.717. The van der Waals surface area contributed by atoms with Gasteiger partial charge in [-0.3, -0.25) is 4.79 Å². The zero-order valence-corrected chi connectivity index (χ0v) is 16.5. The maximum Gasteiger partial charge on any atom is 0.416 e. The Balaban J connectivity index is 1.59. The van der Waals surface area contributed by atoms with Crippen molar-refractivity contribution in [3.63, 3.8) is 0 Å². The van der Waals surface area contributed by atoms with Gasteiger partial charge in [0.25, 0.3) is 5.91 Å². The number of alkyl halides is 3. The van der Waals surface area contributed by atoms with Crippen LogP contribution < -0.4 is 15.0 Å². The Morgan fingerprint density at radius 3 is 2.50 bits per heavy atom. The maximum absolute atomic E-state index is 14.6. The van der Waals surface area contributed by atoms with Gasteiger partial charge in [-0.1, -0.05) is 6.07 Å². The molecule has 1 fully saturated rings. The molecule has 1 heterocycles. The summed E-state index contributed by atoms with van der Waals surface area (Å²) in [7, 11) is 0. The third kappa shape index (κ3) is 5.63. The Morgan fingerprint density at radius 1 is 1.17 bits per heavy atom. The molecule has 2 unspecified atom stereocenters. The number of ether oxygens (including phenoxy) is 2. The molecular formula is C21H22F4N2O3. The minimum Gasteiger partial charge on any atom is -0.484 e. The highest BCUT2D eigenvalue weighted by molar-refractivity contribution is 5.92. The van der Waals surface area contributed by atoms with E-state index in [1.165, 1.54) is 18.2 Å². The summed E-state index contributed by atoms with van der Waals surface area (Å²) in [5, 5.41) is 2.48. The number of carbonyl (C=O) groups excluding carboxylic acids is 1. The normalized spacial score (nSPS) is 19.5. The van der Waals surface area contributed by atoms with Crippen LogP contribution in [0.25, 0.3) is 0 Å². The van der Waals surface area contributed by atoms with Crippen molar-refractivity contribution in [2.45, 2.75) is 32.2 Å². The van der Waals surface area contributed by atoms with Crippen molar-refractivity contribution in [1.29, 1.82) is 0 Å². The summed E-state index contributed by atoms with van der Waals surface area (Å²) in [6.07, 6.45) is -4.56. The molecule has 0 spiro atoms. The highest BCUT2D eigenvalue weighted by atomic mass is 19.4. The van der Waals surface area contributed by atoms with E-state index in [0.717, 1.165) is 12.1 Å². The van der Waals surface area contributed by atoms with Gasteiger partial charge in [-0.05, 0) is 50.2 Å². The smallest absolute Gasteiger partial charge is 0.416 e. The Morgan fingerprint density at radius 2 is 1.87 bits per heavy atom. The van der Waals surface area contributed by atoms with Crippen molar-refractivity contribution < 1.29 is 31.8 Å². The van der Waals surface area contributed by atoms with Crippen LogP contribution in [0.2, 0.25) is 0 Å². The number of halogens is 4. The number of rotatable bonds is 5. The van der Waals surface area contributed by atoms with Gasteiger partial charge in [0.1, 0.15) is 11.6 Å². The van der Waals surface area contributed by atoms with Crippen molar-refractivity contribution in [3.8, 4) is 5.75 Å². The van der Waals surface area contributed by atoms with Gasteiger partial charge in [-0.2, -0.15) is 13.2 Å². The minimum atomic E-state index is -4.50. The summed E-state index contributed by atoms with van der Waals surface area (Å²) >= 11 is 0. The molecule has 0 aliphatic carbocycles. The molecule has 0 bridgehead atoms. The fourth-order valence-corrected chi connectivity index (χ4v) is 3.32. The third-order valence-electron chi connectivity index (χ3n) is 4.52. The molecule has 2 aromatic rings. The second-order valence-corrected chi connectivity index (χ2v) is 7.19. The van der Waals surface area contributed by atoms with Crippen LogP contribution in [0.5, 0.6) is 5.75 Å². The Bertz CT molecular complexity index is 894. The first kappa shape index (κ1) is 21.9. The van der Waals surface area contributed by atoms with Crippen molar-refractivity contribution >= 4 is 17.3 Å². The van der Waals surface area contributed by atoms with Gasteiger partial charge in [-0.15, -0.1) is 0 Å². The van der Waals surface area contributed by atoms with Crippen LogP contribution in [0, 0.1) is 5.82 Å². The fraction of sp³-hybridized carbons (Fsp3) is 0.381. The lowest BCUT2D eigenvalue weighted by molar-refractivity contribution is -0.137. The lowest BCUT2D eigenvalue weighted by Gasteiger charge is -2.37. The molecule has 2 atom stereocenters. The molecule has 0 saturated carbocycles. The van der Waals surface area contributed by atoms with E-state index < -0.39 is 30.1 Å². The average molecular weight is 426 g/mol. The third-order valence-corrected chi connectivity index (χ3v) is 4.52. The molecule has 3 rings (SSSR count). The van der Waals surface area contributed by atoms with E-state index in [1.54, 1.807) is 12.1 Å². The molecule has 1 aliphatic rings. The van der Waals surface area contributed by atoms with E-state index in [0.29, 0.717) is 18.8 Å². The van der Waals surface area contributed by atoms with E-state index in [4.69, 9.17) is 9.47 Å². The zero-order chi connectivity index (χ0) is 21.9. The largest absolute Gasteiger partial charge is 0.484 e. The lowest BCUT2D eigenvalue weighted by Crippen LogP contribution is -2.45. The van der Waals surface area contributed by atoms with Gasteiger partial charge >= 0.3 is 6.18 Å². The average Bonchev–Trinajstić information content (AvgIpc) is 2.65. The monoisotopic (exact) mass is 426 g/mol. The predicted molar refractivity (Wildman–Crippen MR) is 104 cm³/mol. The first-order chi connectivity index (χ1) is 14.1. The van der Waals surface area contributed by atoms with Gasteiger partial charge < -0.3 is 19.7 Å². The highest BCUT2D eigenvalue weighted by Gasteiger charge is 2.30. The number of hydrogen-bond acceptors (Lipinski definition) is 4. The van der Waals surface area contributed by atoms with Crippen LogP contribution >= 0.6 is 0 Å². The second-order valence-electron chi connectivity index (χ2n) is 7.19. The zero-order valence-electron chi connectivity index (χ0n) is 16.5. The van der Waals surface area contributed by atoms with E-state index in [1.807, 2.05) is 18.7 Å². The first-order valence-electron chi connectivity index (χ1n) is 9.41. The van der Waals surface area contributed by atoms with Crippen molar-refractivity contribution in [2.24, 2.45) is 0 Å². The number of hydrogen-bond donors (Lipinski definition) is 1. The summed E-state index contributed by atoms with van der Waals surface area (Å²) in [4.78, 5) is 13.9. The fourth-order valence-electron chi connectivity index (χ4n) is 3.32. The molecule has 9 heteroatoms. The van der Waals surface area contributed by atoms with Crippen LogP contribution in [0.1, 0.15) is 19.4 Å². The first-order valence-corrected chi connectivity index (χ1v) is 9.41. The molecule has 30 heavy (non-hydrogen) atoms. The SMILES string of the molecule is CC1CN(c2ccc(NC(=O)COc3cccc(C(F)(F)F)c3)cc2F)CC(C)O1. The van der Waals surface area contributed by atoms with Gasteiger partial charge in [0.2, 0.25) is 0 Å². The summed E-state index contributed by atoms with van der Waals surface area (Å²) in [5.74, 6) is -1.20. The molecule has 1 saturated heterocycles. The predicted octanol–water partition coefficient (Wildman–Crippen LogP) is 4.48. The second kappa shape index (κ2) is 8.91. The molecule has 1 amide bonds.